The van der Waals surface area contributed by atoms with Crippen LogP contribution in [0.2, 0.25) is 5.02 Å². The van der Waals surface area contributed by atoms with Crippen LogP contribution >= 0.6 is 11.6 Å². The van der Waals surface area contributed by atoms with E-state index in [1.165, 1.54) is 24.9 Å². The van der Waals surface area contributed by atoms with Crippen molar-refractivity contribution in [3.05, 3.63) is 64.2 Å². The van der Waals surface area contributed by atoms with Crippen molar-refractivity contribution in [3.8, 4) is 5.75 Å². The minimum Gasteiger partial charge on any atom is -0.492 e. The van der Waals surface area contributed by atoms with Gasteiger partial charge in [0.15, 0.2) is 0 Å². The summed E-state index contributed by atoms with van der Waals surface area (Å²) in [5.74, 6) is 1.40. The van der Waals surface area contributed by atoms with Crippen molar-refractivity contribution in [2.24, 2.45) is 5.92 Å². The molecule has 5 heteroatoms. The van der Waals surface area contributed by atoms with Gasteiger partial charge in [0.2, 0.25) is 0 Å². The summed E-state index contributed by atoms with van der Waals surface area (Å²) in [6.07, 6.45) is 2.61. The van der Waals surface area contributed by atoms with Crippen LogP contribution < -0.4 is 10.1 Å². The van der Waals surface area contributed by atoms with Gasteiger partial charge in [-0.1, -0.05) is 36.7 Å². The van der Waals surface area contributed by atoms with E-state index in [0.717, 1.165) is 24.6 Å². The largest absolute Gasteiger partial charge is 0.492 e. The van der Waals surface area contributed by atoms with Crippen molar-refractivity contribution in [3.63, 3.8) is 0 Å². The molecule has 3 rings (SSSR count). The maximum Gasteiger partial charge on any atom is 0.251 e. The van der Waals surface area contributed by atoms with Crippen LogP contribution in [0.25, 0.3) is 0 Å². The summed E-state index contributed by atoms with van der Waals surface area (Å²) in [6, 6.07) is 13.5. The Hall–Kier alpha value is -2.04. The third kappa shape index (κ3) is 5.98. The molecule has 1 atom stereocenters. The first-order valence-corrected chi connectivity index (χ1v) is 10.4. The monoisotopic (exact) mass is 400 g/mol. The summed E-state index contributed by atoms with van der Waals surface area (Å²) in [4.78, 5) is 14.8. The number of carbonyl (C=O) groups is 1. The second kappa shape index (κ2) is 9.94. The SMILES string of the molecule is Cc1ccc(OCCNC(=O)c2ccc(CN3CCC[C@H](C)C3)cc2)cc1Cl. The molecule has 1 fully saturated rings. The van der Waals surface area contributed by atoms with Crippen LogP contribution in [0.3, 0.4) is 0 Å². The Morgan fingerprint density at radius 2 is 2.04 bits per heavy atom. The van der Waals surface area contributed by atoms with Crippen molar-refractivity contribution in [2.45, 2.75) is 33.2 Å². The van der Waals surface area contributed by atoms with Gasteiger partial charge in [-0.15, -0.1) is 0 Å². The minimum atomic E-state index is -0.0799. The maximum atomic E-state index is 12.3. The van der Waals surface area contributed by atoms with Crippen LogP contribution in [0.4, 0.5) is 0 Å². The summed E-state index contributed by atoms with van der Waals surface area (Å²) in [7, 11) is 0. The molecule has 1 aliphatic heterocycles. The number of aryl methyl sites for hydroxylation is 1. The van der Waals surface area contributed by atoms with Gasteiger partial charge in [-0.05, 0) is 67.6 Å². The van der Waals surface area contributed by atoms with Gasteiger partial charge < -0.3 is 10.1 Å². The number of ether oxygens (including phenoxy) is 1. The quantitative estimate of drug-likeness (QED) is 0.685. The van der Waals surface area contributed by atoms with Crippen LogP contribution in [0.5, 0.6) is 5.75 Å². The zero-order valence-corrected chi connectivity index (χ0v) is 17.5. The molecule has 1 aliphatic rings. The number of rotatable bonds is 7. The van der Waals surface area contributed by atoms with Crippen LogP contribution in [-0.4, -0.2) is 37.0 Å². The zero-order valence-electron chi connectivity index (χ0n) is 16.7. The summed E-state index contributed by atoms with van der Waals surface area (Å²) in [5, 5.41) is 3.58. The number of benzene rings is 2. The summed E-state index contributed by atoms with van der Waals surface area (Å²) in [5.41, 5.74) is 2.94. The number of amides is 1. The number of nitrogens with zero attached hydrogens (tertiary/aromatic N) is 1. The van der Waals surface area contributed by atoms with E-state index in [4.69, 9.17) is 16.3 Å². The Morgan fingerprint density at radius 3 is 2.75 bits per heavy atom. The number of piperidine rings is 1. The Kier molecular flexibility index (Phi) is 7.35. The molecular formula is C23H29ClN2O2. The number of hydrogen-bond donors (Lipinski definition) is 1. The molecule has 150 valence electrons. The van der Waals surface area contributed by atoms with Crippen LogP contribution in [0.1, 0.15) is 41.3 Å². The fourth-order valence-electron chi connectivity index (χ4n) is 3.55. The predicted octanol–water partition coefficient (Wildman–Crippen LogP) is 4.69. The van der Waals surface area contributed by atoms with Gasteiger partial charge in [-0.3, -0.25) is 9.69 Å². The molecule has 0 aliphatic carbocycles. The molecule has 0 spiro atoms. The molecule has 1 amide bonds. The maximum absolute atomic E-state index is 12.3. The Morgan fingerprint density at radius 1 is 1.25 bits per heavy atom. The number of likely N-dealkylation sites (tertiary alicyclic amines) is 1. The predicted molar refractivity (Wildman–Crippen MR) is 114 cm³/mol. The fourth-order valence-corrected chi connectivity index (χ4v) is 3.72. The second-order valence-corrected chi connectivity index (χ2v) is 8.10. The first kappa shape index (κ1) is 20.7. The minimum absolute atomic E-state index is 0.0799. The van der Waals surface area contributed by atoms with E-state index in [9.17, 15) is 4.79 Å². The third-order valence-corrected chi connectivity index (χ3v) is 5.57. The highest BCUT2D eigenvalue weighted by Crippen LogP contribution is 2.21. The zero-order chi connectivity index (χ0) is 19.9. The van der Waals surface area contributed by atoms with Gasteiger partial charge >= 0.3 is 0 Å². The van der Waals surface area contributed by atoms with Gasteiger partial charge in [-0.2, -0.15) is 0 Å². The van der Waals surface area contributed by atoms with E-state index in [0.29, 0.717) is 29.5 Å². The highest BCUT2D eigenvalue weighted by atomic mass is 35.5. The highest BCUT2D eigenvalue weighted by Gasteiger charge is 2.16. The lowest BCUT2D eigenvalue weighted by molar-refractivity contribution is 0.0947. The van der Waals surface area contributed by atoms with Crippen molar-refractivity contribution >= 4 is 17.5 Å². The number of nitrogens with one attached hydrogen (secondary N) is 1. The molecule has 0 saturated carbocycles. The number of hydrogen-bond acceptors (Lipinski definition) is 3. The van der Waals surface area contributed by atoms with E-state index >= 15 is 0 Å². The molecule has 0 radical (unpaired) electrons. The highest BCUT2D eigenvalue weighted by molar-refractivity contribution is 6.31. The molecule has 0 unspecified atom stereocenters. The van der Waals surface area contributed by atoms with Gasteiger partial charge in [0.1, 0.15) is 12.4 Å². The van der Waals surface area contributed by atoms with Gasteiger partial charge in [0.05, 0.1) is 6.54 Å². The first-order chi connectivity index (χ1) is 13.5. The van der Waals surface area contributed by atoms with Crippen molar-refractivity contribution < 1.29 is 9.53 Å². The molecule has 2 aromatic rings. The molecule has 1 N–H and O–H groups in total. The molecule has 0 aromatic heterocycles. The first-order valence-electron chi connectivity index (χ1n) is 9.99. The molecular weight excluding hydrogens is 372 g/mol. The molecule has 0 bridgehead atoms. The van der Waals surface area contributed by atoms with E-state index in [2.05, 4.69) is 29.3 Å². The smallest absolute Gasteiger partial charge is 0.251 e. The molecule has 2 aromatic carbocycles. The number of halogens is 1. The normalized spacial score (nSPS) is 17.3. The summed E-state index contributed by atoms with van der Waals surface area (Å²) >= 11 is 6.09. The molecule has 1 saturated heterocycles. The Balaban J connectivity index is 1.42. The van der Waals surface area contributed by atoms with Gasteiger partial charge in [-0.25, -0.2) is 0 Å². The standard InChI is InChI=1S/C23H29ClN2O2/c1-17-4-3-12-26(15-17)16-19-6-8-20(9-7-19)23(27)25-11-13-28-21-10-5-18(2)22(24)14-21/h5-10,14,17H,3-4,11-13,15-16H2,1-2H3,(H,25,27)/t17-/m0/s1. The summed E-state index contributed by atoms with van der Waals surface area (Å²) < 4.78 is 5.64. The Bertz CT molecular complexity index is 792. The lowest BCUT2D eigenvalue weighted by atomic mass is 9.99. The van der Waals surface area contributed by atoms with Crippen LogP contribution in [0.15, 0.2) is 42.5 Å². The number of carbonyl (C=O) groups excluding carboxylic acids is 1. The third-order valence-electron chi connectivity index (χ3n) is 5.16. The van der Waals surface area contributed by atoms with Crippen LogP contribution in [-0.2, 0) is 6.54 Å². The lowest BCUT2D eigenvalue weighted by Gasteiger charge is -2.30. The molecule has 4 nitrogen and oxygen atoms in total. The molecule has 1 heterocycles. The van der Waals surface area contributed by atoms with Crippen molar-refractivity contribution in [1.82, 2.24) is 10.2 Å². The van der Waals surface area contributed by atoms with E-state index in [1.54, 1.807) is 6.07 Å². The van der Waals surface area contributed by atoms with Crippen LogP contribution in [0, 0.1) is 12.8 Å². The van der Waals surface area contributed by atoms with Crippen molar-refractivity contribution in [1.29, 1.82) is 0 Å². The lowest BCUT2D eigenvalue weighted by Crippen LogP contribution is -2.33. The Labute approximate surface area is 172 Å². The van der Waals surface area contributed by atoms with Gasteiger partial charge in [0, 0.05) is 23.7 Å². The van der Waals surface area contributed by atoms with Crippen molar-refractivity contribution in [2.75, 3.05) is 26.2 Å². The summed E-state index contributed by atoms with van der Waals surface area (Å²) in [6.45, 7) is 8.39. The van der Waals surface area contributed by atoms with E-state index < -0.39 is 0 Å². The van der Waals surface area contributed by atoms with Gasteiger partial charge in [0.25, 0.3) is 5.91 Å². The second-order valence-electron chi connectivity index (χ2n) is 7.69. The average molecular weight is 401 g/mol. The topological polar surface area (TPSA) is 41.6 Å². The van der Waals surface area contributed by atoms with E-state index in [1.807, 2.05) is 31.2 Å². The average Bonchev–Trinajstić information content (AvgIpc) is 2.68. The molecule has 28 heavy (non-hydrogen) atoms. The fraction of sp³-hybridized carbons (Fsp3) is 0.435. The van der Waals surface area contributed by atoms with E-state index in [-0.39, 0.29) is 5.91 Å².